The molecule has 0 amide bonds. The van der Waals surface area contributed by atoms with Crippen LogP contribution in [-0.4, -0.2) is 11.0 Å². The van der Waals surface area contributed by atoms with Crippen LogP contribution in [0.4, 0.5) is 5.69 Å². The molecule has 0 bridgehead atoms. The van der Waals surface area contributed by atoms with Gasteiger partial charge in [-0.25, -0.2) is 4.98 Å². The average Bonchev–Trinajstić information content (AvgIpc) is 2.64. The topological polar surface area (TPSA) is 24.9 Å². The Labute approximate surface area is 89.7 Å². The molecule has 1 aromatic heterocycles. The van der Waals surface area contributed by atoms with Crippen LogP contribution in [0.3, 0.4) is 0 Å². The molecule has 1 heterocycles. The maximum atomic E-state index is 5.86. The number of pyridine rings is 1. The van der Waals surface area contributed by atoms with E-state index >= 15 is 0 Å². The molecule has 1 aliphatic rings. The number of nitrogens with zero attached hydrogens (tertiary/aromatic N) is 1. The molecule has 2 rings (SSSR count). The predicted molar refractivity (Wildman–Crippen MR) is 59.9 cm³/mol. The van der Waals surface area contributed by atoms with E-state index in [0.29, 0.717) is 11.2 Å². The first-order chi connectivity index (χ1) is 6.75. The third kappa shape index (κ3) is 2.18. The Morgan fingerprint density at radius 2 is 2.14 bits per heavy atom. The van der Waals surface area contributed by atoms with E-state index in [1.54, 1.807) is 0 Å². The summed E-state index contributed by atoms with van der Waals surface area (Å²) in [4.78, 5) is 4.12. The van der Waals surface area contributed by atoms with Gasteiger partial charge in [0.05, 0.1) is 11.9 Å². The van der Waals surface area contributed by atoms with Gasteiger partial charge in [0.25, 0.3) is 0 Å². The molecule has 0 radical (unpaired) electrons. The number of rotatable bonds is 2. The van der Waals surface area contributed by atoms with Crippen LogP contribution in [-0.2, 0) is 0 Å². The Balaban J connectivity index is 2.05. The smallest absolute Gasteiger partial charge is 0.132 e. The van der Waals surface area contributed by atoms with Gasteiger partial charge in [-0.05, 0) is 31.4 Å². The average molecular weight is 211 g/mol. The van der Waals surface area contributed by atoms with Gasteiger partial charge in [-0.3, -0.25) is 0 Å². The Morgan fingerprint density at radius 1 is 1.43 bits per heavy atom. The molecule has 1 aliphatic carbocycles. The Bertz CT molecular complexity index is 319. The summed E-state index contributed by atoms with van der Waals surface area (Å²) in [5, 5.41) is 4.09. The van der Waals surface area contributed by atoms with E-state index in [0.717, 1.165) is 11.3 Å². The van der Waals surface area contributed by atoms with Gasteiger partial charge in [0.15, 0.2) is 0 Å². The largest absolute Gasteiger partial charge is 0.381 e. The van der Waals surface area contributed by atoms with Crippen molar-refractivity contribution in [2.75, 3.05) is 5.32 Å². The van der Waals surface area contributed by atoms with Crippen LogP contribution < -0.4 is 5.32 Å². The van der Waals surface area contributed by atoms with Crippen LogP contribution in [0.25, 0.3) is 0 Å². The first kappa shape index (κ1) is 9.78. The second kappa shape index (κ2) is 4.18. The molecule has 0 aromatic carbocycles. The monoisotopic (exact) mass is 210 g/mol. The predicted octanol–water partition coefficient (Wildman–Crippen LogP) is 3.40. The number of nitrogens with one attached hydrogen (secondary N) is 1. The van der Waals surface area contributed by atoms with E-state index in [1.807, 2.05) is 13.1 Å². The van der Waals surface area contributed by atoms with Crippen LogP contribution in [0.15, 0.2) is 12.3 Å². The van der Waals surface area contributed by atoms with Crippen molar-refractivity contribution in [1.29, 1.82) is 0 Å². The first-order valence-corrected chi connectivity index (χ1v) is 5.52. The number of aromatic nitrogens is 1. The van der Waals surface area contributed by atoms with Gasteiger partial charge in [0.1, 0.15) is 5.15 Å². The highest BCUT2D eigenvalue weighted by Crippen LogP contribution is 2.23. The molecule has 14 heavy (non-hydrogen) atoms. The summed E-state index contributed by atoms with van der Waals surface area (Å²) in [6.45, 7) is 1.98. The molecule has 76 valence electrons. The highest BCUT2D eigenvalue weighted by Gasteiger charge is 2.14. The van der Waals surface area contributed by atoms with Crippen LogP contribution in [0.5, 0.6) is 0 Å². The van der Waals surface area contributed by atoms with E-state index in [2.05, 4.69) is 16.4 Å². The van der Waals surface area contributed by atoms with E-state index in [-0.39, 0.29) is 0 Å². The Kier molecular flexibility index (Phi) is 2.92. The van der Waals surface area contributed by atoms with Crippen molar-refractivity contribution in [3.8, 4) is 0 Å². The first-order valence-electron chi connectivity index (χ1n) is 5.14. The fourth-order valence-corrected chi connectivity index (χ4v) is 2.05. The van der Waals surface area contributed by atoms with Crippen LogP contribution >= 0.6 is 11.6 Å². The highest BCUT2D eigenvalue weighted by atomic mass is 35.5. The second-order valence-electron chi connectivity index (χ2n) is 3.96. The lowest BCUT2D eigenvalue weighted by atomic mass is 10.2. The molecule has 0 unspecified atom stereocenters. The van der Waals surface area contributed by atoms with E-state index in [1.165, 1.54) is 25.7 Å². The standard InChI is InChI=1S/C11H15ClN2/c1-8-6-10(7-13-11(8)12)14-9-4-2-3-5-9/h6-7,9,14H,2-5H2,1H3. The second-order valence-corrected chi connectivity index (χ2v) is 4.32. The number of halogens is 1. The van der Waals surface area contributed by atoms with Gasteiger partial charge in [-0.2, -0.15) is 0 Å². The maximum Gasteiger partial charge on any atom is 0.132 e. The van der Waals surface area contributed by atoms with Crippen LogP contribution in [0, 0.1) is 6.92 Å². The summed E-state index contributed by atoms with van der Waals surface area (Å²) in [5.41, 5.74) is 2.13. The zero-order valence-corrected chi connectivity index (χ0v) is 9.14. The van der Waals surface area contributed by atoms with E-state index in [9.17, 15) is 0 Å². The van der Waals surface area contributed by atoms with Crippen molar-refractivity contribution in [3.05, 3.63) is 23.0 Å². The molecule has 1 saturated carbocycles. The van der Waals surface area contributed by atoms with Gasteiger partial charge in [0.2, 0.25) is 0 Å². The van der Waals surface area contributed by atoms with Crippen molar-refractivity contribution in [2.45, 2.75) is 38.6 Å². The van der Waals surface area contributed by atoms with Crippen molar-refractivity contribution >= 4 is 17.3 Å². The van der Waals surface area contributed by atoms with E-state index < -0.39 is 0 Å². The van der Waals surface area contributed by atoms with Gasteiger partial charge in [-0.15, -0.1) is 0 Å². The minimum absolute atomic E-state index is 0.599. The minimum Gasteiger partial charge on any atom is -0.381 e. The van der Waals surface area contributed by atoms with Crippen molar-refractivity contribution < 1.29 is 0 Å². The summed E-state index contributed by atoms with van der Waals surface area (Å²) < 4.78 is 0. The summed E-state index contributed by atoms with van der Waals surface area (Å²) in [6.07, 6.45) is 7.06. The Hall–Kier alpha value is -0.760. The molecule has 0 saturated heterocycles. The molecular weight excluding hydrogens is 196 g/mol. The molecule has 1 N–H and O–H groups in total. The van der Waals surface area contributed by atoms with Gasteiger partial charge in [0, 0.05) is 6.04 Å². The number of hydrogen-bond donors (Lipinski definition) is 1. The molecule has 0 aliphatic heterocycles. The van der Waals surface area contributed by atoms with Crippen LogP contribution in [0.2, 0.25) is 5.15 Å². The molecule has 2 nitrogen and oxygen atoms in total. The molecule has 0 spiro atoms. The number of aryl methyl sites for hydroxylation is 1. The van der Waals surface area contributed by atoms with Gasteiger partial charge < -0.3 is 5.32 Å². The lowest BCUT2D eigenvalue weighted by Gasteiger charge is -2.13. The van der Waals surface area contributed by atoms with Gasteiger partial charge in [-0.1, -0.05) is 24.4 Å². The van der Waals surface area contributed by atoms with Crippen molar-refractivity contribution in [3.63, 3.8) is 0 Å². The van der Waals surface area contributed by atoms with Crippen LogP contribution in [0.1, 0.15) is 31.2 Å². The minimum atomic E-state index is 0.599. The zero-order valence-electron chi connectivity index (χ0n) is 8.39. The van der Waals surface area contributed by atoms with Crippen molar-refractivity contribution in [1.82, 2.24) is 4.98 Å². The van der Waals surface area contributed by atoms with Crippen molar-refractivity contribution in [2.24, 2.45) is 0 Å². The molecule has 1 fully saturated rings. The van der Waals surface area contributed by atoms with Gasteiger partial charge >= 0.3 is 0 Å². The zero-order chi connectivity index (χ0) is 9.97. The SMILES string of the molecule is Cc1cc(NC2CCCC2)cnc1Cl. The summed E-state index contributed by atoms with van der Waals surface area (Å²) in [6, 6.07) is 2.70. The third-order valence-corrected chi connectivity index (χ3v) is 3.14. The molecule has 3 heteroatoms. The maximum absolute atomic E-state index is 5.86. The third-order valence-electron chi connectivity index (χ3n) is 2.74. The normalized spacial score (nSPS) is 17.3. The quantitative estimate of drug-likeness (QED) is 0.757. The Morgan fingerprint density at radius 3 is 2.79 bits per heavy atom. The lowest BCUT2D eigenvalue weighted by molar-refractivity contribution is 0.754. The lowest BCUT2D eigenvalue weighted by Crippen LogP contribution is -2.14. The fraction of sp³-hybridized carbons (Fsp3) is 0.545. The fourth-order valence-electron chi connectivity index (χ4n) is 1.94. The number of hydrogen-bond acceptors (Lipinski definition) is 2. The summed E-state index contributed by atoms with van der Waals surface area (Å²) >= 11 is 5.86. The van der Waals surface area contributed by atoms with E-state index in [4.69, 9.17) is 11.6 Å². The highest BCUT2D eigenvalue weighted by molar-refractivity contribution is 6.30. The molecular formula is C11H15ClN2. The summed E-state index contributed by atoms with van der Waals surface area (Å²) in [5.74, 6) is 0. The number of anilines is 1. The summed E-state index contributed by atoms with van der Waals surface area (Å²) in [7, 11) is 0. The molecule has 1 aromatic rings. The molecule has 0 atom stereocenters.